The first kappa shape index (κ1) is 55.6. The van der Waals surface area contributed by atoms with Gasteiger partial charge in [-0.3, -0.25) is 0 Å². The molecule has 3 saturated carbocycles. The maximum atomic E-state index is 12.1. The summed E-state index contributed by atoms with van der Waals surface area (Å²) in [6.07, 6.45) is -19.6. The number of allylic oxidation sites excluding steroid dienone is 1. The first-order chi connectivity index (χ1) is 34.0. The minimum Gasteiger partial charge on any atom is -0.394 e. The highest BCUT2D eigenvalue weighted by atomic mass is 16.8. The molecule has 0 aromatic carbocycles. The molecule has 0 spiro atoms. The number of hydrogen-bond acceptors (Lipinski definition) is 22. The van der Waals surface area contributed by atoms with E-state index in [1.807, 2.05) is 6.92 Å². The molecular weight excluding hydrogens is 953 g/mol. The Hall–Kier alpha value is -1.14. The van der Waals surface area contributed by atoms with Crippen LogP contribution in [0.3, 0.4) is 0 Å². The molecule has 5 aliphatic heterocycles. The van der Waals surface area contributed by atoms with Crippen molar-refractivity contribution in [2.45, 2.75) is 227 Å². The second-order valence-corrected chi connectivity index (χ2v) is 23.4. The topological polar surface area (TPSA) is 346 Å². The van der Waals surface area contributed by atoms with Crippen molar-refractivity contribution < 1.29 is 109 Å². The van der Waals surface area contributed by atoms with Gasteiger partial charge in [-0.05, 0) is 98.7 Å². The molecule has 0 aromatic rings. The van der Waals surface area contributed by atoms with Crippen LogP contribution in [0.4, 0.5) is 0 Å². The Labute approximate surface area is 419 Å². The van der Waals surface area contributed by atoms with Crippen LogP contribution < -0.4 is 0 Å². The van der Waals surface area contributed by atoms with Gasteiger partial charge in [0.2, 0.25) is 0 Å². The fraction of sp³-hybridized carbons (Fsp3) is 0.960. The van der Waals surface area contributed by atoms with Crippen LogP contribution in [0, 0.1) is 46.3 Å². The highest BCUT2D eigenvalue weighted by molar-refractivity contribution is 5.26. The van der Waals surface area contributed by atoms with Gasteiger partial charge >= 0.3 is 0 Å². The Balaban J connectivity index is 0.856. The first-order valence-electron chi connectivity index (χ1n) is 26.3. The van der Waals surface area contributed by atoms with Crippen LogP contribution in [0.25, 0.3) is 0 Å². The minimum absolute atomic E-state index is 0.0620. The van der Waals surface area contributed by atoms with E-state index in [2.05, 4.69) is 26.8 Å². The molecule has 4 aliphatic carbocycles. The lowest BCUT2D eigenvalue weighted by Crippen LogP contribution is -2.66. The summed E-state index contributed by atoms with van der Waals surface area (Å²) in [4.78, 5) is 0. The molecule has 5 heterocycles. The van der Waals surface area contributed by atoms with Gasteiger partial charge in [0.25, 0.3) is 0 Å². The lowest BCUT2D eigenvalue weighted by atomic mass is 9.47. The molecule has 0 amide bonds. The van der Waals surface area contributed by atoms with Gasteiger partial charge in [0.1, 0.15) is 85.5 Å². The van der Waals surface area contributed by atoms with Crippen LogP contribution in [-0.2, 0) is 42.6 Å². The van der Waals surface area contributed by atoms with E-state index in [0.717, 1.165) is 32.1 Å². The molecule has 30 atom stereocenters. The molecule has 0 aromatic heterocycles. The largest absolute Gasteiger partial charge is 0.394 e. The number of fused-ring (bicyclic) bond motifs is 7. The van der Waals surface area contributed by atoms with Crippen LogP contribution in [0.15, 0.2) is 11.6 Å². The van der Waals surface area contributed by atoms with Gasteiger partial charge in [0, 0.05) is 12.3 Å². The Morgan fingerprint density at radius 2 is 1.35 bits per heavy atom. The minimum atomic E-state index is -1.76. The van der Waals surface area contributed by atoms with Crippen molar-refractivity contribution in [3.8, 4) is 0 Å². The van der Waals surface area contributed by atoms with Crippen LogP contribution in [0.5, 0.6) is 0 Å². The third kappa shape index (κ3) is 9.91. The average Bonchev–Trinajstić information content (AvgIpc) is 3.80. The summed E-state index contributed by atoms with van der Waals surface area (Å²) in [7, 11) is 0. The summed E-state index contributed by atoms with van der Waals surface area (Å²) in [5.41, 5.74) is 1.05. The van der Waals surface area contributed by atoms with Crippen LogP contribution in [-0.4, -0.2) is 228 Å². The van der Waals surface area contributed by atoms with Crippen molar-refractivity contribution in [2.75, 3.05) is 26.4 Å². The fourth-order valence-electron chi connectivity index (χ4n) is 14.7. The zero-order valence-corrected chi connectivity index (χ0v) is 41.8. The second-order valence-electron chi connectivity index (χ2n) is 23.4. The van der Waals surface area contributed by atoms with Gasteiger partial charge in [-0.25, -0.2) is 0 Å². The van der Waals surface area contributed by atoms with E-state index >= 15 is 0 Å². The van der Waals surface area contributed by atoms with E-state index in [1.54, 1.807) is 0 Å². The van der Waals surface area contributed by atoms with E-state index in [0.29, 0.717) is 43.4 Å². The van der Waals surface area contributed by atoms with Crippen molar-refractivity contribution in [2.24, 2.45) is 46.3 Å². The monoisotopic (exact) mass is 1030 g/mol. The van der Waals surface area contributed by atoms with E-state index in [9.17, 15) is 66.4 Å². The molecule has 414 valence electrons. The molecule has 9 rings (SSSR count). The van der Waals surface area contributed by atoms with E-state index in [-0.39, 0.29) is 41.3 Å². The summed E-state index contributed by atoms with van der Waals surface area (Å²) in [6, 6.07) is 0. The van der Waals surface area contributed by atoms with Crippen LogP contribution in [0.2, 0.25) is 0 Å². The molecule has 0 radical (unpaired) electrons. The van der Waals surface area contributed by atoms with Gasteiger partial charge in [-0.15, -0.1) is 0 Å². The van der Waals surface area contributed by atoms with E-state index in [1.165, 1.54) is 12.5 Å². The van der Waals surface area contributed by atoms with Crippen molar-refractivity contribution in [3.05, 3.63) is 11.6 Å². The second kappa shape index (κ2) is 21.6. The number of rotatable bonds is 14. The third-order valence-corrected chi connectivity index (χ3v) is 19.1. The number of aliphatic hydroxyl groups excluding tert-OH is 12. The predicted molar refractivity (Wildman–Crippen MR) is 244 cm³/mol. The molecular formula is C50H82O22. The van der Waals surface area contributed by atoms with Crippen molar-refractivity contribution in [1.82, 2.24) is 0 Å². The van der Waals surface area contributed by atoms with Crippen molar-refractivity contribution in [1.29, 1.82) is 0 Å². The van der Waals surface area contributed by atoms with Gasteiger partial charge in [0.15, 0.2) is 30.9 Å². The molecule has 22 heteroatoms. The molecule has 2 unspecified atom stereocenters. The van der Waals surface area contributed by atoms with Crippen LogP contribution >= 0.6 is 0 Å². The maximum Gasteiger partial charge on any atom is 0.187 e. The van der Waals surface area contributed by atoms with Gasteiger partial charge in [0.05, 0.1) is 44.7 Å². The highest BCUT2D eigenvalue weighted by Gasteiger charge is 2.68. The highest BCUT2D eigenvalue weighted by Crippen LogP contribution is 2.70. The Morgan fingerprint density at radius 1 is 0.694 bits per heavy atom. The fourth-order valence-corrected chi connectivity index (χ4v) is 14.7. The Bertz CT molecular complexity index is 1860. The summed E-state index contributed by atoms with van der Waals surface area (Å²) >= 11 is 0. The number of hydrogen-bond donors (Lipinski definition) is 13. The number of ether oxygens (including phenoxy) is 9. The summed E-state index contributed by atoms with van der Waals surface area (Å²) in [5, 5.41) is 138. The Kier molecular flexibility index (Phi) is 16.7. The lowest BCUT2D eigenvalue weighted by molar-refractivity contribution is -0.390. The zero-order chi connectivity index (χ0) is 51.9. The molecule has 8 fully saturated rings. The van der Waals surface area contributed by atoms with Crippen molar-refractivity contribution in [3.63, 3.8) is 0 Å². The summed E-state index contributed by atoms with van der Waals surface area (Å²) in [5.74, 6) is -0.253. The zero-order valence-electron chi connectivity index (χ0n) is 41.8. The summed E-state index contributed by atoms with van der Waals surface area (Å²) in [6.45, 7) is 8.79. The lowest BCUT2D eigenvalue weighted by Gasteiger charge is -2.58. The van der Waals surface area contributed by atoms with Crippen molar-refractivity contribution >= 4 is 0 Å². The van der Waals surface area contributed by atoms with E-state index in [4.69, 9.17) is 42.6 Å². The molecule has 5 saturated heterocycles. The molecule has 9 aliphatic rings. The molecule has 0 bridgehead atoms. The van der Waals surface area contributed by atoms with Gasteiger partial charge in [-0.2, -0.15) is 0 Å². The smallest absolute Gasteiger partial charge is 0.187 e. The summed E-state index contributed by atoms with van der Waals surface area (Å²) < 4.78 is 54.6. The van der Waals surface area contributed by atoms with Crippen LogP contribution in [0.1, 0.15) is 92.4 Å². The third-order valence-electron chi connectivity index (χ3n) is 19.1. The van der Waals surface area contributed by atoms with Gasteiger partial charge < -0.3 is 109 Å². The normalized spacial score (nSPS) is 55.1. The molecule has 13 N–H and O–H groups in total. The predicted octanol–water partition coefficient (Wildman–Crippen LogP) is -2.37. The standard InChI is InChI=1S/C50H82O22/c1-20(18-64-44-40(61)38(59)35(56)30(16-51)68-44)8-13-50(63)21(2)32-29(72-50)15-27-25-7-6-23-14-24(9-11-48(23,4)26(25)10-12-49(27,32)5)67-47-43(71-46-41(62)37(58)33(54)22(3)66-46)42(36(57)31(17-52)69-47)70-45-39(60)34(55)28(53)19-65-45/h6,20-22,24-47,51-63H,7-19H2,1-5H3/t20?,21-,22-,24-,25+,26-,27-,28+,29-,30+,31+,32-,33-,34-,35+,36-,37+,38-,39+,40+,41+,42-,43+,44+,45-,46-,47+,48-,49-,50?/m0/s1. The average molecular weight is 1040 g/mol. The van der Waals surface area contributed by atoms with Gasteiger partial charge in [-0.1, -0.05) is 39.3 Å². The molecule has 72 heavy (non-hydrogen) atoms. The Morgan fingerprint density at radius 3 is 2.07 bits per heavy atom. The quantitative estimate of drug-likeness (QED) is 0.0809. The SMILES string of the molecule is CC(CCC1(O)O[C@H]2C[C@H]3[C@@H]4CC=C5C[C@@H](O[C@@H]6O[C@H](CO)[C@H](O)[C@H](O[C@@H]7OC[C@@H](O)[C@H](O)[C@H]7O)[C@H]6O[C@@H]6O[C@@H](C)[C@H](O)[C@@H](O)[C@H]6O)CC[C@]5(C)[C@H]4CC[C@]3(C)[C@H]2[C@@H]1C)CO[C@@H]1O[C@H](CO)[C@@H](O)[C@H](O)[C@H]1O. The molecule has 22 nitrogen and oxygen atoms in total. The first-order valence-corrected chi connectivity index (χ1v) is 26.3. The number of aliphatic hydroxyl groups is 13. The van der Waals surface area contributed by atoms with E-state index < -0.39 is 148 Å². The maximum absolute atomic E-state index is 12.1.